The van der Waals surface area contributed by atoms with E-state index >= 15 is 0 Å². The van der Waals surface area contributed by atoms with Crippen molar-refractivity contribution < 1.29 is 19.4 Å². The number of carboxylic acid groups (broad SMARTS) is 1. The lowest BCUT2D eigenvalue weighted by Crippen LogP contribution is -2.42. The minimum atomic E-state index is -0.826. The van der Waals surface area contributed by atoms with Gasteiger partial charge in [-0.2, -0.15) is 0 Å². The number of methoxy groups -OCH3 is 1. The molecule has 0 saturated heterocycles. The Morgan fingerprint density at radius 1 is 1.36 bits per heavy atom. The number of ether oxygens (including phenoxy) is 1. The monoisotopic (exact) mass is 326 g/mol. The molecule has 1 heterocycles. The Hall–Kier alpha value is -1.47. The van der Waals surface area contributed by atoms with Crippen molar-refractivity contribution in [1.29, 1.82) is 0 Å². The summed E-state index contributed by atoms with van der Waals surface area (Å²) in [4.78, 5) is 28.7. The van der Waals surface area contributed by atoms with E-state index in [1.54, 1.807) is 14.0 Å². The summed E-state index contributed by atoms with van der Waals surface area (Å²) in [6, 6.07) is -0.306. The normalized spacial score (nSPS) is 22.1. The van der Waals surface area contributed by atoms with E-state index in [1.165, 1.54) is 11.3 Å². The minimum Gasteiger partial charge on any atom is -0.481 e. The Kier molecular flexibility index (Phi) is 5.90. The average Bonchev–Trinajstić information content (AvgIpc) is 2.69. The van der Waals surface area contributed by atoms with Crippen LogP contribution < -0.4 is 5.32 Å². The molecule has 0 bridgehead atoms. The molecule has 2 rings (SSSR count). The van der Waals surface area contributed by atoms with Gasteiger partial charge in [0.15, 0.2) is 0 Å². The molecule has 6 nitrogen and oxygen atoms in total. The van der Waals surface area contributed by atoms with Gasteiger partial charge in [0.2, 0.25) is 0 Å². The van der Waals surface area contributed by atoms with Gasteiger partial charge in [-0.05, 0) is 19.8 Å². The first kappa shape index (κ1) is 16.9. The van der Waals surface area contributed by atoms with Crippen LogP contribution in [-0.2, 0) is 16.1 Å². The summed E-state index contributed by atoms with van der Waals surface area (Å²) in [5.41, 5.74) is 0.662. The molecule has 1 amide bonds. The van der Waals surface area contributed by atoms with Gasteiger partial charge < -0.3 is 15.2 Å². The van der Waals surface area contributed by atoms with Gasteiger partial charge in [0.1, 0.15) is 9.88 Å². The molecule has 1 fully saturated rings. The maximum absolute atomic E-state index is 12.5. The van der Waals surface area contributed by atoms with E-state index in [2.05, 4.69) is 10.3 Å². The van der Waals surface area contributed by atoms with E-state index in [1.807, 2.05) is 0 Å². The molecule has 2 N–H and O–H groups in total. The molecule has 1 aromatic heterocycles. The third kappa shape index (κ3) is 4.04. The van der Waals surface area contributed by atoms with Crippen LogP contribution in [0.2, 0.25) is 0 Å². The predicted octanol–water partition coefficient (Wildman–Crippen LogP) is 2.36. The highest BCUT2D eigenvalue weighted by Gasteiger charge is 2.31. The number of carbonyl (C=O) groups is 2. The Balaban J connectivity index is 2.10. The molecule has 2 atom stereocenters. The van der Waals surface area contributed by atoms with Crippen LogP contribution in [0, 0.1) is 12.8 Å². The third-order valence-electron chi connectivity index (χ3n) is 3.96. The fourth-order valence-corrected chi connectivity index (χ4v) is 3.80. The van der Waals surface area contributed by atoms with Crippen LogP contribution in [0.1, 0.15) is 52.5 Å². The molecular weight excluding hydrogens is 304 g/mol. The van der Waals surface area contributed by atoms with E-state index in [9.17, 15) is 14.7 Å². The molecular formula is C15H22N2O4S. The zero-order valence-electron chi connectivity index (χ0n) is 12.9. The van der Waals surface area contributed by atoms with Gasteiger partial charge in [-0.25, -0.2) is 4.98 Å². The van der Waals surface area contributed by atoms with Crippen LogP contribution in [0.15, 0.2) is 0 Å². The van der Waals surface area contributed by atoms with Crippen molar-refractivity contribution in [2.45, 2.75) is 51.7 Å². The van der Waals surface area contributed by atoms with Crippen molar-refractivity contribution >= 4 is 23.2 Å². The SMILES string of the molecule is COCc1nc(C)c(C(=O)N[C@H]2CCCCC[C@H]2C(=O)O)s1. The Labute approximate surface area is 133 Å². The first-order valence-corrected chi connectivity index (χ1v) is 8.33. The van der Waals surface area contributed by atoms with Gasteiger partial charge in [0.05, 0.1) is 18.2 Å². The van der Waals surface area contributed by atoms with Gasteiger partial charge in [-0.1, -0.05) is 19.3 Å². The molecule has 0 aromatic carbocycles. The standard InChI is InChI=1S/C15H22N2O4S/c1-9-13(22-12(16-9)8-21-2)14(18)17-11-7-5-3-4-6-10(11)15(19)20/h10-11H,3-8H2,1-2H3,(H,17,18)(H,19,20)/t10-,11+/m1/s1. The van der Waals surface area contributed by atoms with E-state index in [4.69, 9.17) is 4.74 Å². The lowest BCUT2D eigenvalue weighted by Gasteiger charge is -2.22. The molecule has 0 radical (unpaired) electrons. The summed E-state index contributed by atoms with van der Waals surface area (Å²) in [7, 11) is 1.58. The van der Waals surface area contributed by atoms with Crippen molar-refractivity contribution in [2.24, 2.45) is 5.92 Å². The number of nitrogens with zero attached hydrogens (tertiary/aromatic N) is 1. The Morgan fingerprint density at radius 3 is 2.77 bits per heavy atom. The number of hydrogen-bond acceptors (Lipinski definition) is 5. The Morgan fingerprint density at radius 2 is 2.09 bits per heavy atom. The summed E-state index contributed by atoms with van der Waals surface area (Å²) in [6.45, 7) is 2.16. The smallest absolute Gasteiger partial charge is 0.308 e. The third-order valence-corrected chi connectivity index (χ3v) is 5.09. The zero-order chi connectivity index (χ0) is 16.1. The second-order valence-corrected chi connectivity index (χ2v) is 6.70. The quantitative estimate of drug-likeness (QED) is 0.811. The number of aryl methyl sites for hydroxylation is 1. The van der Waals surface area contributed by atoms with Gasteiger partial charge >= 0.3 is 5.97 Å². The number of carbonyl (C=O) groups excluding carboxylic acids is 1. The number of amides is 1. The Bertz CT molecular complexity index is 544. The topological polar surface area (TPSA) is 88.5 Å². The summed E-state index contributed by atoms with van der Waals surface area (Å²) < 4.78 is 5.03. The number of aromatic nitrogens is 1. The van der Waals surface area contributed by atoms with Crippen LogP contribution in [0.3, 0.4) is 0 Å². The predicted molar refractivity (Wildman–Crippen MR) is 83.0 cm³/mol. The average molecular weight is 326 g/mol. The molecule has 122 valence electrons. The fraction of sp³-hybridized carbons (Fsp3) is 0.667. The van der Waals surface area contributed by atoms with E-state index in [0.717, 1.165) is 24.3 Å². The number of thiazole rings is 1. The van der Waals surface area contributed by atoms with Gasteiger partial charge in [-0.15, -0.1) is 11.3 Å². The maximum Gasteiger partial charge on any atom is 0.308 e. The molecule has 22 heavy (non-hydrogen) atoms. The van der Waals surface area contributed by atoms with E-state index < -0.39 is 11.9 Å². The highest BCUT2D eigenvalue weighted by molar-refractivity contribution is 7.13. The number of hydrogen-bond donors (Lipinski definition) is 2. The zero-order valence-corrected chi connectivity index (χ0v) is 13.7. The van der Waals surface area contributed by atoms with Gasteiger partial charge in [0, 0.05) is 13.2 Å². The molecule has 1 aromatic rings. The number of rotatable bonds is 5. The first-order chi connectivity index (χ1) is 10.5. The molecule has 7 heteroatoms. The van der Waals surface area contributed by atoms with Crippen molar-refractivity contribution in [1.82, 2.24) is 10.3 Å². The van der Waals surface area contributed by atoms with Gasteiger partial charge in [-0.3, -0.25) is 9.59 Å². The first-order valence-electron chi connectivity index (χ1n) is 7.51. The van der Waals surface area contributed by atoms with Crippen molar-refractivity contribution in [3.8, 4) is 0 Å². The molecule has 0 spiro atoms. The molecule has 0 unspecified atom stereocenters. The van der Waals surface area contributed by atoms with E-state index in [-0.39, 0.29) is 11.9 Å². The highest BCUT2D eigenvalue weighted by Crippen LogP contribution is 2.25. The number of carboxylic acids is 1. The largest absolute Gasteiger partial charge is 0.481 e. The van der Waals surface area contributed by atoms with Crippen LogP contribution in [-0.4, -0.2) is 35.1 Å². The highest BCUT2D eigenvalue weighted by atomic mass is 32.1. The minimum absolute atomic E-state index is 0.226. The van der Waals surface area contributed by atoms with Crippen molar-refractivity contribution in [3.63, 3.8) is 0 Å². The van der Waals surface area contributed by atoms with Crippen LogP contribution in [0.5, 0.6) is 0 Å². The molecule has 1 aliphatic carbocycles. The molecule has 0 aliphatic heterocycles. The lowest BCUT2D eigenvalue weighted by molar-refractivity contribution is -0.142. The van der Waals surface area contributed by atoms with Crippen molar-refractivity contribution in [3.05, 3.63) is 15.6 Å². The molecule has 1 saturated carbocycles. The maximum atomic E-state index is 12.5. The summed E-state index contributed by atoms with van der Waals surface area (Å²) >= 11 is 1.30. The number of nitrogens with one attached hydrogen (secondary N) is 1. The van der Waals surface area contributed by atoms with E-state index in [0.29, 0.717) is 30.0 Å². The van der Waals surface area contributed by atoms with Gasteiger partial charge in [0.25, 0.3) is 5.91 Å². The van der Waals surface area contributed by atoms with Crippen LogP contribution in [0.4, 0.5) is 0 Å². The summed E-state index contributed by atoms with van der Waals surface area (Å²) in [5.74, 6) is -1.55. The number of aliphatic carboxylic acids is 1. The fourth-order valence-electron chi connectivity index (χ4n) is 2.86. The van der Waals surface area contributed by atoms with Crippen molar-refractivity contribution in [2.75, 3.05) is 7.11 Å². The summed E-state index contributed by atoms with van der Waals surface area (Å²) in [6.07, 6.45) is 4.21. The summed E-state index contributed by atoms with van der Waals surface area (Å²) in [5, 5.41) is 13.0. The molecule has 1 aliphatic rings. The second kappa shape index (κ2) is 7.69. The second-order valence-electron chi connectivity index (χ2n) is 5.62. The van der Waals surface area contributed by atoms with Crippen LogP contribution >= 0.6 is 11.3 Å². The lowest BCUT2D eigenvalue weighted by atomic mass is 9.95. The van der Waals surface area contributed by atoms with Crippen LogP contribution in [0.25, 0.3) is 0 Å².